The van der Waals surface area contributed by atoms with E-state index in [0.717, 1.165) is 19.3 Å². The Morgan fingerprint density at radius 1 is 1.38 bits per heavy atom. The van der Waals surface area contributed by atoms with Crippen molar-refractivity contribution in [3.05, 3.63) is 17.3 Å². The number of nitrogens with zero attached hydrogens (tertiary/aromatic N) is 1. The monoisotopic (exact) mass is 331 g/mol. The molecule has 1 aliphatic carbocycles. The summed E-state index contributed by atoms with van der Waals surface area (Å²) in [6.45, 7) is 2.61. The van der Waals surface area contributed by atoms with Gasteiger partial charge in [0.25, 0.3) is 0 Å². The fraction of sp³-hybridized carbons (Fsp3) is 0.643. The van der Waals surface area contributed by atoms with Gasteiger partial charge in [0.05, 0.1) is 5.02 Å². The van der Waals surface area contributed by atoms with E-state index in [2.05, 4.69) is 21.9 Å². The third-order valence-electron chi connectivity index (χ3n) is 4.41. The van der Waals surface area contributed by atoms with Crippen LogP contribution in [0.2, 0.25) is 5.02 Å². The molecule has 1 saturated carbocycles. The average molecular weight is 332 g/mol. The summed E-state index contributed by atoms with van der Waals surface area (Å²) < 4.78 is 27.5. The minimum atomic E-state index is -3.57. The Bertz CT molecular complexity index is 598. The van der Waals surface area contributed by atoms with Crippen LogP contribution in [0, 0.1) is 5.41 Å². The second-order valence-electron chi connectivity index (χ2n) is 5.64. The molecule has 0 atom stereocenters. The SMILES string of the molecule is CCC1(CNS(=O)(=O)c2cnc(NC)c(Cl)c2)CCCC1. The molecule has 118 valence electrons. The Morgan fingerprint density at radius 2 is 2.05 bits per heavy atom. The van der Waals surface area contributed by atoms with E-state index < -0.39 is 10.0 Å². The molecule has 2 N–H and O–H groups in total. The summed E-state index contributed by atoms with van der Waals surface area (Å²) in [5.41, 5.74) is 0.106. The molecule has 5 nitrogen and oxygen atoms in total. The predicted octanol–water partition coefficient (Wildman–Crippen LogP) is 3.03. The van der Waals surface area contributed by atoms with E-state index in [-0.39, 0.29) is 10.3 Å². The van der Waals surface area contributed by atoms with Gasteiger partial charge >= 0.3 is 0 Å². The van der Waals surface area contributed by atoms with Crippen LogP contribution in [0.1, 0.15) is 39.0 Å². The quantitative estimate of drug-likeness (QED) is 0.840. The first kappa shape index (κ1) is 16.5. The van der Waals surface area contributed by atoms with Gasteiger partial charge < -0.3 is 5.32 Å². The summed E-state index contributed by atoms with van der Waals surface area (Å²) in [6.07, 6.45) is 6.85. The number of sulfonamides is 1. The van der Waals surface area contributed by atoms with Crippen LogP contribution in [-0.2, 0) is 10.0 Å². The van der Waals surface area contributed by atoms with Crippen molar-refractivity contribution in [2.75, 3.05) is 18.9 Å². The molecule has 0 aromatic carbocycles. The minimum Gasteiger partial charge on any atom is -0.372 e. The molecule has 1 aliphatic rings. The minimum absolute atomic E-state index is 0.106. The number of pyridine rings is 1. The number of halogens is 1. The Kier molecular flexibility index (Phi) is 5.11. The molecule has 2 rings (SSSR count). The third-order valence-corrected chi connectivity index (χ3v) is 6.07. The highest BCUT2D eigenvalue weighted by Gasteiger charge is 2.33. The number of rotatable bonds is 6. The van der Waals surface area contributed by atoms with Crippen LogP contribution in [-0.4, -0.2) is 27.0 Å². The lowest BCUT2D eigenvalue weighted by Gasteiger charge is -2.27. The lowest BCUT2D eigenvalue weighted by molar-refractivity contribution is 0.285. The van der Waals surface area contributed by atoms with Gasteiger partial charge in [-0.05, 0) is 30.7 Å². The van der Waals surface area contributed by atoms with E-state index in [0.29, 0.717) is 17.4 Å². The van der Waals surface area contributed by atoms with Gasteiger partial charge in [-0.3, -0.25) is 0 Å². The van der Waals surface area contributed by atoms with Crippen LogP contribution in [0.5, 0.6) is 0 Å². The van der Waals surface area contributed by atoms with Gasteiger partial charge in [-0.15, -0.1) is 0 Å². The maximum atomic E-state index is 12.4. The molecule has 21 heavy (non-hydrogen) atoms. The van der Waals surface area contributed by atoms with Crippen molar-refractivity contribution in [1.29, 1.82) is 0 Å². The van der Waals surface area contributed by atoms with Crippen molar-refractivity contribution in [3.8, 4) is 0 Å². The van der Waals surface area contributed by atoms with Crippen LogP contribution in [0.3, 0.4) is 0 Å². The number of hydrogen-bond donors (Lipinski definition) is 2. The highest BCUT2D eigenvalue weighted by Crippen LogP contribution is 2.40. The summed E-state index contributed by atoms with van der Waals surface area (Å²) in [5, 5.41) is 3.11. The normalized spacial score (nSPS) is 17.9. The maximum Gasteiger partial charge on any atom is 0.242 e. The molecule has 0 aliphatic heterocycles. The first-order valence-electron chi connectivity index (χ1n) is 7.25. The first-order chi connectivity index (χ1) is 9.92. The van der Waals surface area contributed by atoms with Gasteiger partial charge in [0.1, 0.15) is 10.7 Å². The molecule has 0 radical (unpaired) electrons. The second kappa shape index (κ2) is 6.50. The van der Waals surface area contributed by atoms with Crippen LogP contribution in [0.4, 0.5) is 5.82 Å². The summed E-state index contributed by atoms with van der Waals surface area (Å²) in [5.74, 6) is 0.469. The lowest BCUT2D eigenvalue weighted by Crippen LogP contribution is -2.35. The number of anilines is 1. The predicted molar refractivity (Wildman–Crippen MR) is 85.2 cm³/mol. The topological polar surface area (TPSA) is 71.1 Å². The van der Waals surface area contributed by atoms with E-state index in [1.165, 1.54) is 25.1 Å². The Morgan fingerprint density at radius 3 is 2.57 bits per heavy atom. The van der Waals surface area contributed by atoms with Crippen molar-refractivity contribution in [3.63, 3.8) is 0 Å². The van der Waals surface area contributed by atoms with E-state index >= 15 is 0 Å². The van der Waals surface area contributed by atoms with E-state index in [9.17, 15) is 8.42 Å². The smallest absolute Gasteiger partial charge is 0.242 e. The van der Waals surface area contributed by atoms with Crippen LogP contribution >= 0.6 is 11.6 Å². The molecule has 0 saturated heterocycles. The number of nitrogens with one attached hydrogen (secondary N) is 2. The molecule has 0 spiro atoms. The zero-order valence-electron chi connectivity index (χ0n) is 12.4. The molecular formula is C14H22ClN3O2S. The van der Waals surface area contributed by atoms with Crippen molar-refractivity contribution in [2.45, 2.75) is 43.9 Å². The number of hydrogen-bond acceptors (Lipinski definition) is 4. The summed E-state index contributed by atoms with van der Waals surface area (Å²) in [4.78, 5) is 4.13. The van der Waals surface area contributed by atoms with E-state index in [1.54, 1.807) is 7.05 Å². The average Bonchev–Trinajstić information content (AvgIpc) is 2.95. The maximum absolute atomic E-state index is 12.4. The van der Waals surface area contributed by atoms with Gasteiger partial charge in [-0.2, -0.15) is 0 Å². The fourth-order valence-corrected chi connectivity index (χ4v) is 4.32. The van der Waals surface area contributed by atoms with Crippen molar-refractivity contribution in [1.82, 2.24) is 9.71 Å². The zero-order valence-corrected chi connectivity index (χ0v) is 14.0. The molecular weight excluding hydrogens is 310 g/mol. The van der Waals surface area contributed by atoms with Crippen molar-refractivity contribution < 1.29 is 8.42 Å². The Balaban J connectivity index is 2.13. The summed E-state index contributed by atoms with van der Waals surface area (Å²) in [7, 11) is -1.88. The van der Waals surface area contributed by atoms with Gasteiger partial charge in [0.2, 0.25) is 10.0 Å². The zero-order chi connectivity index (χ0) is 15.5. The molecule has 1 aromatic heterocycles. The van der Waals surface area contributed by atoms with Gasteiger partial charge in [-0.25, -0.2) is 18.1 Å². The second-order valence-corrected chi connectivity index (χ2v) is 7.81. The van der Waals surface area contributed by atoms with Gasteiger partial charge in [-0.1, -0.05) is 31.4 Å². The third kappa shape index (κ3) is 3.67. The van der Waals surface area contributed by atoms with Gasteiger partial charge in [0, 0.05) is 19.8 Å². The highest BCUT2D eigenvalue weighted by molar-refractivity contribution is 7.89. The molecule has 7 heteroatoms. The molecule has 1 aromatic rings. The molecule has 0 unspecified atom stereocenters. The molecule has 0 amide bonds. The van der Waals surface area contributed by atoms with Crippen LogP contribution in [0.25, 0.3) is 0 Å². The molecule has 0 bridgehead atoms. The van der Waals surface area contributed by atoms with Crippen LogP contribution < -0.4 is 10.0 Å². The van der Waals surface area contributed by atoms with Crippen molar-refractivity contribution >= 4 is 27.4 Å². The molecule has 1 fully saturated rings. The standard InChI is InChI=1S/C14H22ClN3O2S/c1-3-14(6-4-5-7-14)10-18-21(19,20)11-8-12(15)13(16-2)17-9-11/h8-9,18H,3-7,10H2,1-2H3,(H,16,17). The van der Waals surface area contributed by atoms with E-state index in [1.807, 2.05) is 0 Å². The Hall–Kier alpha value is -0.850. The molecule has 1 heterocycles. The summed E-state index contributed by atoms with van der Waals surface area (Å²) in [6, 6.07) is 1.43. The van der Waals surface area contributed by atoms with Crippen LogP contribution in [0.15, 0.2) is 17.2 Å². The largest absolute Gasteiger partial charge is 0.372 e. The Labute approximate surface area is 131 Å². The van der Waals surface area contributed by atoms with Gasteiger partial charge in [0.15, 0.2) is 0 Å². The lowest BCUT2D eigenvalue weighted by atomic mass is 9.84. The van der Waals surface area contributed by atoms with E-state index in [4.69, 9.17) is 11.6 Å². The highest BCUT2D eigenvalue weighted by atomic mass is 35.5. The fourth-order valence-electron chi connectivity index (χ4n) is 2.86. The first-order valence-corrected chi connectivity index (χ1v) is 9.11. The summed E-state index contributed by atoms with van der Waals surface area (Å²) >= 11 is 6.00. The van der Waals surface area contributed by atoms with Crippen molar-refractivity contribution in [2.24, 2.45) is 5.41 Å². The number of aromatic nitrogens is 1.